The standard InChI is InChI=1S/C12H15IN2O2/c1-8-3-5-15(7-11(8)16)12(17)9-2-4-14-6-10(9)13/h2,4,6,8,11,16H,3,5,7H2,1H3. The van der Waals surface area contributed by atoms with E-state index in [1.54, 1.807) is 23.4 Å². The van der Waals surface area contributed by atoms with E-state index in [1.807, 2.05) is 6.92 Å². The van der Waals surface area contributed by atoms with Crippen molar-refractivity contribution in [2.24, 2.45) is 5.92 Å². The van der Waals surface area contributed by atoms with Crippen LogP contribution in [0.15, 0.2) is 18.5 Å². The Kier molecular flexibility index (Phi) is 3.98. The fourth-order valence-corrected chi connectivity index (χ4v) is 2.52. The molecule has 1 aromatic rings. The fraction of sp³-hybridized carbons (Fsp3) is 0.500. The molecule has 0 aliphatic carbocycles. The number of amides is 1. The highest BCUT2D eigenvalue weighted by Gasteiger charge is 2.28. The Balaban J connectivity index is 2.14. The van der Waals surface area contributed by atoms with Crippen LogP contribution >= 0.6 is 22.6 Å². The van der Waals surface area contributed by atoms with Gasteiger partial charge in [-0.2, -0.15) is 0 Å². The summed E-state index contributed by atoms with van der Waals surface area (Å²) in [5.74, 6) is 0.262. The average Bonchev–Trinajstić information content (AvgIpc) is 2.32. The Morgan fingerprint density at radius 1 is 1.65 bits per heavy atom. The number of aromatic nitrogens is 1. The molecule has 0 radical (unpaired) electrons. The lowest BCUT2D eigenvalue weighted by atomic mass is 9.95. The molecule has 4 nitrogen and oxygen atoms in total. The zero-order valence-corrected chi connectivity index (χ0v) is 11.8. The van der Waals surface area contributed by atoms with Crippen LogP contribution in [0.25, 0.3) is 0 Å². The van der Waals surface area contributed by atoms with E-state index in [2.05, 4.69) is 27.6 Å². The van der Waals surface area contributed by atoms with Crippen LogP contribution in [-0.2, 0) is 0 Å². The van der Waals surface area contributed by atoms with Crippen molar-refractivity contribution >= 4 is 28.5 Å². The second-order valence-corrected chi connectivity index (χ2v) is 5.60. The molecule has 0 bridgehead atoms. The van der Waals surface area contributed by atoms with Crippen molar-refractivity contribution in [1.29, 1.82) is 0 Å². The molecule has 92 valence electrons. The maximum absolute atomic E-state index is 12.3. The van der Waals surface area contributed by atoms with Gasteiger partial charge in [0, 0.05) is 29.1 Å². The second kappa shape index (κ2) is 5.30. The molecule has 0 saturated carbocycles. The third-order valence-electron chi connectivity index (χ3n) is 3.21. The van der Waals surface area contributed by atoms with E-state index >= 15 is 0 Å². The summed E-state index contributed by atoms with van der Waals surface area (Å²) < 4.78 is 0.850. The minimum absolute atomic E-state index is 0.0113. The number of β-amino-alcohol motifs (C(OH)–C–C–N with tert-alkyl or cyclic N) is 1. The molecule has 2 atom stereocenters. The summed E-state index contributed by atoms with van der Waals surface area (Å²) in [6.45, 7) is 3.16. The summed E-state index contributed by atoms with van der Waals surface area (Å²) >= 11 is 2.11. The Morgan fingerprint density at radius 3 is 3.06 bits per heavy atom. The molecule has 1 aromatic heterocycles. The van der Waals surface area contributed by atoms with Gasteiger partial charge in [0.1, 0.15) is 0 Å². The highest BCUT2D eigenvalue weighted by atomic mass is 127. The molecule has 1 N–H and O–H groups in total. The fourth-order valence-electron chi connectivity index (χ4n) is 1.95. The number of nitrogens with zero attached hydrogens (tertiary/aromatic N) is 2. The van der Waals surface area contributed by atoms with Gasteiger partial charge >= 0.3 is 0 Å². The van der Waals surface area contributed by atoms with Gasteiger partial charge in [0.2, 0.25) is 0 Å². The molecule has 2 unspecified atom stereocenters. The van der Waals surface area contributed by atoms with E-state index in [0.29, 0.717) is 12.1 Å². The Hall–Kier alpha value is -0.690. The summed E-state index contributed by atoms with van der Waals surface area (Å²) in [5.41, 5.74) is 0.669. The van der Waals surface area contributed by atoms with Crippen LogP contribution in [0.5, 0.6) is 0 Å². The number of aliphatic hydroxyl groups excluding tert-OH is 1. The second-order valence-electron chi connectivity index (χ2n) is 4.44. The number of hydrogen-bond donors (Lipinski definition) is 1. The zero-order valence-electron chi connectivity index (χ0n) is 9.64. The average molecular weight is 346 g/mol. The maximum atomic E-state index is 12.3. The van der Waals surface area contributed by atoms with E-state index in [4.69, 9.17) is 0 Å². The van der Waals surface area contributed by atoms with Gasteiger partial charge in [0.05, 0.1) is 11.7 Å². The molecule has 1 amide bonds. The zero-order chi connectivity index (χ0) is 12.4. The summed E-state index contributed by atoms with van der Waals surface area (Å²) in [6, 6.07) is 1.73. The van der Waals surface area contributed by atoms with Crippen molar-refractivity contribution in [2.75, 3.05) is 13.1 Å². The van der Waals surface area contributed by atoms with Gasteiger partial charge in [0.25, 0.3) is 5.91 Å². The van der Waals surface area contributed by atoms with Crippen LogP contribution in [-0.4, -0.2) is 40.1 Å². The minimum Gasteiger partial charge on any atom is -0.391 e. The lowest BCUT2D eigenvalue weighted by molar-refractivity contribution is 0.0248. The Morgan fingerprint density at radius 2 is 2.41 bits per heavy atom. The molecule has 1 aliphatic rings. The first kappa shape index (κ1) is 12.8. The predicted octanol–water partition coefficient (Wildman–Crippen LogP) is 1.53. The summed E-state index contributed by atoms with van der Waals surface area (Å²) in [4.78, 5) is 18.0. The number of carbonyl (C=O) groups excluding carboxylic acids is 1. The van der Waals surface area contributed by atoms with Crippen molar-refractivity contribution < 1.29 is 9.90 Å². The van der Waals surface area contributed by atoms with Gasteiger partial charge in [0.15, 0.2) is 0 Å². The number of pyridine rings is 1. The molecule has 1 saturated heterocycles. The Labute approximate surface area is 114 Å². The lowest BCUT2D eigenvalue weighted by Crippen LogP contribution is -2.46. The van der Waals surface area contributed by atoms with E-state index in [0.717, 1.165) is 16.5 Å². The van der Waals surface area contributed by atoms with Crippen LogP contribution in [0.4, 0.5) is 0 Å². The van der Waals surface area contributed by atoms with Crippen LogP contribution in [0.2, 0.25) is 0 Å². The number of aliphatic hydroxyl groups is 1. The molecular weight excluding hydrogens is 331 g/mol. The lowest BCUT2D eigenvalue weighted by Gasteiger charge is -2.34. The minimum atomic E-state index is -0.410. The number of piperidine rings is 1. The molecular formula is C12H15IN2O2. The van der Waals surface area contributed by atoms with Crippen LogP contribution in [0.3, 0.4) is 0 Å². The molecule has 2 rings (SSSR count). The first-order valence-corrected chi connectivity index (χ1v) is 6.74. The quantitative estimate of drug-likeness (QED) is 0.785. The van der Waals surface area contributed by atoms with E-state index < -0.39 is 6.10 Å². The van der Waals surface area contributed by atoms with Gasteiger partial charge < -0.3 is 10.0 Å². The van der Waals surface area contributed by atoms with Gasteiger partial charge in [-0.25, -0.2) is 0 Å². The molecule has 1 aliphatic heterocycles. The van der Waals surface area contributed by atoms with Gasteiger partial charge in [-0.1, -0.05) is 6.92 Å². The molecule has 0 spiro atoms. The van der Waals surface area contributed by atoms with Crippen molar-refractivity contribution in [3.05, 3.63) is 27.6 Å². The first-order valence-electron chi connectivity index (χ1n) is 5.66. The van der Waals surface area contributed by atoms with Crippen LogP contribution in [0, 0.1) is 9.49 Å². The smallest absolute Gasteiger partial charge is 0.255 e. The summed E-state index contributed by atoms with van der Waals surface area (Å²) in [7, 11) is 0. The number of hydrogen-bond acceptors (Lipinski definition) is 3. The highest BCUT2D eigenvalue weighted by molar-refractivity contribution is 14.1. The largest absolute Gasteiger partial charge is 0.391 e. The monoisotopic (exact) mass is 346 g/mol. The molecule has 0 aromatic carbocycles. The molecule has 5 heteroatoms. The molecule has 2 heterocycles. The third-order valence-corrected chi connectivity index (χ3v) is 4.07. The number of carbonyl (C=O) groups is 1. The third kappa shape index (κ3) is 2.77. The maximum Gasteiger partial charge on any atom is 0.255 e. The van der Waals surface area contributed by atoms with E-state index in [-0.39, 0.29) is 11.8 Å². The van der Waals surface area contributed by atoms with E-state index in [1.165, 1.54) is 0 Å². The van der Waals surface area contributed by atoms with Crippen molar-refractivity contribution in [2.45, 2.75) is 19.4 Å². The number of halogens is 1. The van der Waals surface area contributed by atoms with Gasteiger partial charge in [-0.15, -0.1) is 0 Å². The van der Waals surface area contributed by atoms with Crippen molar-refractivity contribution in [3.63, 3.8) is 0 Å². The summed E-state index contributed by atoms with van der Waals surface area (Å²) in [6.07, 6.45) is 3.75. The first-order chi connectivity index (χ1) is 8.09. The topological polar surface area (TPSA) is 53.4 Å². The van der Waals surface area contributed by atoms with Gasteiger partial charge in [-0.05, 0) is 41.0 Å². The number of likely N-dealkylation sites (tertiary alicyclic amines) is 1. The summed E-state index contributed by atoms with van der Waals surface area (Å²) in [5, 5.41) is 9.81. The van der Waals surface area contributed by atoms with Crippen molar-refractivity contribution in [3.8, 4) is 0 Å². The Bertz CT molecular complexity index is 425. The van der Waals surface area contributed by atoms with Gasteiger partial charge in [-0.3, -0.25) is 9.78 Å². The van der Waals surface area contributed by atoms with Crippen LogP contribution < -0.4 is 0 Å². The van der Waals surface area contributed by atoms with Crippen molar-refractivity contribution in [1.82, 2.24) is 9.88 Å². The predicted molar refractivity (Wildman–Crippen MR) is 72.6 cm³/mol. The normalized spacial score (nSPS) is 24.8. The van der Waals surface area contributed by atoms with E-state index in [9.17, 15) is 9.90 Å². The number of rotatable bonds is 1. The SMILES string of the molecule is CC1CCN(C(=O)c2ccncc2I)CC1O. The molecule has 17 heavy (non-hydrogen) atoms. The molecule has 1 fully saturated rings. The van der Waals surface area contributed by atoms with Crippen LogP contribution in [0.1, 0.15) is 23.7 Å². The highest BCUT2D eigenvalue weighted by Crippen LogP contribution is 2.20.